The number of nitrogens with zero attached hydrogens (tertiary/aromatic N) is 1. The standard InChI is InChI=1S/C17H17NO3/c1-11-3-2-4-12-14(19)6-5-13(15(11)12)16(20)18-7-17(8-18)9-21-10-17/h2-6,19H,7-10H2,1H3. The molecule has 4 nitrogen and oxygen atoms in total. The van der Waals surface area contributed by atoms with Gasteiger partial charge in [0.05, 0.1) is 18.6 Å². The molecule has 0 radical (unpaired) electrons. The van der Waals surface area contributed by atoms with Gasteiger partial charge in [-0.15, -0.1) is 0 Å². The molecule has 2 aliphatic heterocycles. The number of amides is 1. The van der Waals surface area contributed by atoms with Gasteiger partial charge in [-0.1, -0.05) is 18.2 Å². The van der Waals surface area contributed by atoms with Gasteiger partial charge in [0.25, 0.3) is 5.91 Å². The number of hydrogen-bond acceptors (Lipinski definition) is 3. The zero-order valence-corrected chi connectivity index (χ0v) is 11.9. The molecule has 1 N–H and O–H groups in total. The van der Waals surface area contributed by atoms with Crippen molar-refractivity contribution < 1.29 is 14.6 Å². The minimum Gasteiger partial charge on any atom is -0.507 e. The van der Waals surface area contributed by atoms with E-state index in [0.29, 0.717) is 5.56 Å². The quantitative estimate of drug-likeness (QED) is 0.874. The monoisotopic (exact) mass is 283 g/mol. The lowest BCUT2D eigenvalue weighted by Crippen LogP contribution is -2.67. The summed E-state index contributed by atoms with van der Waals surface area (Å²) in [4.78, 5) is 14.6. The molecule has 21 heavy (non-hydrogen) atoms. The molecule has 0 aliphatic carbocycles. The number of likely N-dealkylation sites (tertiary alicyclic amines) is 1. The lowest BCUT2D eigenvalue weighted by molar-refractivity contribution is -0.176. The van der Waals surface area contributed by atoms with Crippen LogP contribution in [0.1, 0.15) is 15.9 Å². The van der Waals surface area contributed by atoms with Crippen LogP contribution in [0, 0.1) is 12.3 Å². The maximum atomic E-state index is 12.7. The van der Waals surface area contributed by atoms with E-state index in [9.17, 15) is 9.90 Å². The van der Waals surface area contributed by atoms with Crippen molar-refractivity contribution in [2.75, 3.05) is 26.3 Å². The molecule has 2 aliphatic rings. The molecule has 2 saturated heterocycles. The molecule has 2 heterocycles. The maximum absolute atomic E-state index is 12.7. The van der Waals surface area contributed by atoms with Crippen molar-refractivity contribution in [1.29, 1.82) is 0 Å². The highest BCUT2D eigenvalue weighted by Crippen LogP contribution is 2.39. The van der Waals surface area contributed by atoms with E-state index in [4.69, 9.17) is 4.74 Å². The molecule has 4 heteroatoms. The summed E-state index contributed by atoms with van der Waals surface area (Å²) in [6, 6.07) is 9.06. The fraction of sp³-hybridized carbons (Fsp3) is 0.353. The summed E-state index contributed by atoms with van der Waals surface area (Å²) < 4.78 is 5.25. The number of fused-ring (bicyclic) bond motifs is 1. The van der Waals surface area contributed by atoms with Gasteiger partial charge in [-0.05, 0) is 24.6 Å². The molecule has 1 amide bonds. The van der Waals surface area contributed by atoms with Crippen molar-refractivity contribution in [1.82, 2.24) is 4.90 Å². The number of hydrogen-bond donors (Lipinski definition) is 1. The SMILES string of the molecule is Cc1cccc2c(O)ccc(C(=O)N3CC4(COC4)C3)c12. The van der Waals surface area contributed by atoms with Crippen LogP contribution in [0.4, 0.5) is 0 Å². The van der Waals surface area contributed by atoms with E-state index < -0.39 is 0 Å². The summed E-state index contributed by atoms with van der Waals surface area (Å²) in [5, 5.41) is 11.6. The van der Waals surface area contributed by atoms with Crippen molar-refractivity contribution in [3.8, 4) is 5.75 Å². The van der Waals surface area contributed by atoms with Crippen LogP contribution < -0.4 is 0 Å². The number of rotatable bonds is 1. The summed E-state index contributed by atoms with van der Waals surface area (Å²) >= 11 is 0. The molecular formula is C17H17NO3. The van der Waals surface area contributed by atoms with Crippen LogP contribution in [0.15, 0.2) is 30.3 Å². The van der Waals surface area contributed by atoms with E-state index in [-0.39, 0.29) is 17.1 Å². The largest absolute Gasteiger partial charge is 0.507 e. The van der Waals surface area contributed by atoms with E-state index in [1.54, 1.807) is 12.1 Å². The zero-order valence-electron chi connectivity index (χ0n) is 11.9. The minimum absolute atomic E-state index is 0.0480. The first-order valence-electron chi connectivity index (χ1n) is 7.18. The Morgan fingerprint density at radius 3 is 2.67 bits per heavy atom. The highest BCUT2D eigenvalue weighted by molar-refractivity contribution is 6.10. The predicted molar refractivity (Wildman–Crippen MR) is 79.5 cm³/mol. The molecule has 0 saturated carbocycles. The van der Waals surface area contributed by atoms with Crippen LogP contribution in [-0.4, -0.2) is 42.2 Å². The van der Waals surface area contributed by atoms with Gasteiger partial charge in [-0.2, -0.15) is 0 Å². The zero-order chi connectivity index (χ0) is 14.6. The first kappa shape index (κ1) is 12.7. The molecule has 0 unspecified atom stereocenters. The number of carbonyl (C=O) groups is 1. The van der Waals surface area contributed by atoms with E-state index >= 15 is 0 Å². The number of phenols is 1. The van der Waals surface area contributed by atoms with Crippen molar-refractivity contribution in [2.45, 2.75) is 6.92 Å². The second-order valence-electron chi connectivity index (χ2n) is 6.28. The molecule has 2 aromatic rings. The van der Waals surface area contributed by atoms with E-state index in [1.807, 2.05) is 30.0 Å². The maximum Gasteiger partial charge on any atom is 0.254 e. The molecular weight excluding hydrogens is 266 g/mol. The number of phenolic OH excluding ortho intramolecular Hbond substituents is 1. The van der Waals surface area contributed by atoms with Gasteiger partial charge in [-0.3, -0.25) is 4.79 Å². The lowest BCUT2D eigenvalue weighted by atomic mass is 9.77. The molecule has 108 valence electrons. The first-order valence-corrected chi connectivity index (χ1v) is 7.18. The molecule has 2 fully saturated rings. The average Bonchev–Trinajstić information content (AvgIpc) is 2.36. The Kier molecular flexibility index (Phi) is 2.54. The van der Waals surface area contributed by atoms with Crippen LogP contribution in [0.2, 0.25) is 0 Å². The minimum atomic E-state index is 0.0480. The van der Waals surface area contributed by atoms with Crippen LogP contribution >= 0.6 is 0 Å². The Hall–Kier alpha value is -2.07. The smallest absolute Gasteiger partial charge is 0.254 e. The number of carbonyl (C=O) groups excluding carboxylic acids is 1. The Bertz CT molecular complexity index is 741. The van der Waals surface area contributed by atoms with E-state index in [0.717, 1.165) is 42.6 Å². The Morgan fingerprint density at radius 2 is 2.00 bits per heavy atom. The van der Waals surface area contributed by atoms with Crippen molar-refractivity contribution in [2.24, 2.45) is 5.41 Å². The van der Waals surface area contributed by atoms with Crippen LogP contribution in [-0.2, 0) is 4.74 Å². The fourth-order valence-corrected chi connectivity index (χ4v) is 3.40. The highest BCUT2D eigenvalue weighted by atomic mass is 16.5. The van der Waals surface area contributed by atoms with Crippen molar-refractivity contribution in [3.63, 3.8) is 0 Å². The molecule has 0 atom stereocenters. The third kappa shape index (κ3) is 1.75. The molecule has 0 bridgehead atoms. The Morgan fingerprint density at radius 1 is 1.24 bits per heavy atom. The second kappa shape index (κ2) is 4.21. The number of benzene rings is 2. The van der Waals surface area contributed by atoms with Gasteiger partial charge < -0.3 is 14.7 Å². The average molecular weight is 283 g/mol. The number of aromatic hydroxyl groups is 1. The van der Waals surface area contributed by atoms with Gasteiger partial charge in [-0.25, -0.2) is 0 Å². The number of aryl methyl sites for hydroxylation is 1. The molecule has 4 rings (SSSR count). The van der Waals surface area contributed by atoms with Crippen molar-refractivity contribution >= 4 is 16.7 Å². The van der Waals surface area contributed by atoms with Crippen LogP contribution in [0.25, 0.3) is 10.8 Å². The normalized spacial score (nSPS) is 19.4. The summed E-state index contributed by atoms with van der Waals surface area (Å²) in [6.07, 6.45) is 0. The van der Waals surface area contributed by atoms with Crippen LogP contribution in [0.5, 0.6) is 5.75 Å². The topological polar surface area (TPSA) is 49.8 Å². The molecule has 1 spiro atoms. The van der Waals surface area contributed by atoms with Gasteiger partial charge in [0.2, 0.25) is 0 Å². The highest BCUT2D eigenvalue weighted by Gasteiger charge is 2.50. The number of ether oxygens (including phenoxy) is 1. The van der Waals surface area contributed by atoms with E-state index in [2.05, 4.69) is 0 Å². The summed E-state index contributed by atoms with van der Waals surface area (Å²) in [6.45, 7) is 5.06. The van der Waals surface area contributed by atoms with Crippen molar-refractivity contribution in [3.05, 3.63) is 41.5 Å². The summed E-state index contributed by atoms with van der Waals surface area (Å²) in [7, 11) is 0. The lowest BCUT2D eigenvalue weighted by Gasteiger charge is -2.55. The first-order chi connectivity index (χ1) is 10.1. The third-order valence-corrected chi connectivity index (χ3v) is 4.61. The second-order valence-corrected chi connectivity index (χ2v) is 6.28. The molecule has 0 aromatic heterocycles. The van der Waals surface area contributed by atoms with Crippen LogP contribution in [0.3, 0.4) is 0 Å². The van der Waals surface area contributed by atoms with E-state index in [1.165, 1.54) is 0 Å². The predicted octanol–water partition coefficient (Wildman–Crippen LogP) is 2.33. The third-order valence-electron chi connectivity index (χ3n) is 4.61. The van der Waals surface area contributed by atoms with Gasteiger partial charge >= 0.3 is 0 Å². The molecule has 2 aromatic carbocycles. The fourth-order valence-electron chi connectivity index (χ4n) is 3.40. The summed E-state index contributed by atoms with van der Waals surface area (Å²) in [5.74, 6) is 0.268. The van der Waals surface area contributed by atoms with Gasteiger partial charge in [0.15, 0.2) is 0 Å². The Labute approximate surface area is 122 Å². The Balaban J connectivity index is 1.73. The van der Waals surface area contributed by atoms with Gasteiger partial charge in [0, 0.05) is 29.4 Å². The summed E-state index contributed by atoms with van der Waals surface area (Å²) in [5.41, 5.74) is 1.90. The van der Waals surface area contributed by atoms with Gasteiger partial charge in [0.1, 0.15) is 5.75 Å².